The van der Waals surface area contributed by atoms with Crippen LogP contribution in [0.25, 0.3) is 11.4 Å². The standard InChI is InChI=1S/C19H16F3N7O2/c20-19(21,22)30-12-3-1-11(2-4-12)17-27-18(31-28-17)15-7-13-14(26-10-25-13)8-29(15)9-16-23-5-6-24-16/h1-6,10,15H,7-9H2,(H,23,24)(H,25,26). The van der Waals surface area contributed by atoms with Crippen molar-refractivity contribution in [2.24, 2.45) is 0 Å². The molecular weight excluding hydrogens is 415 g/mol. The zero-order valence-electron chi connectivity index (χ0n) is 15.9. The SMILES string of the molecule is FC(F)(F)Oc1ccc(-c2noc(C3Cc4nc[nH]c4CN3Cc3ncc[nH]3)n2)cc1. The first-order valence-electron chi connectivity index (χ1n) is 9.38. The molecule has 9 nitrogen and oxygen atoms in total. The van der Waals surface area contributed by atoms with Crippen molar-refractivity contribution < 1.29 is 22.4 Å². The topological polar surface area (TPSA) is 109 Å². The number of fused-ring (bicyclic) bond motifs is 1. The fraction of sp³-hybridized carbons (Fsp3) is 0.263. The number of aromatic nitrogens is 6. The summed E-state index contributed by atoms with van der Waals surface area (Å²) in [5, 5.41) is 4.01. The predicted octanol–water partition coefficient (Wildman–Crippen LogP) is 3.38. The van der Waals surface area contributed by atoms with Gasteiger partial charge in [-0.1, -0.05) is 5.16 Å². The molecule has 2 N–H and O–H groups in total. The summed E-state index contributed by atoms with van der Waals surface area (Å²) in [6.07, 6.45) is 0.922. The van der Waals surface area contributed by atoms with E-state index < -0.39 is 6.36 Å². The molecule has 4 aromatic rings. The number of hydrogen-bond donors (Lipinski definition) is 2. The average molecular weight is 431 g/mol. The number of imidazole rings is 2. The summed E-state index contributed by atoms with van der Waals surface area (Å²) in [6.45, 7) is 1.14. The molecule has 4 heterocycles. The highest BCUT2D eigenvalue weighted by Crippen LogP contribution is 2.33. The molecule has 0 saturated heterocycles. The van der Waals surface area contributed by atoms with Crippen LogP contribution in [0.2, 0.25) is 0 Å². The molecule has 1 aliphatic heterocycles. The molecular formula is C19H16F3N7O2. The molecule has 0 amide bonds. The number of H-pyrrole nitrogens is 2. The smallest absolute Gasteiger partial charge is 0.406 e. The Morgan fingerprint density at radius 1 is 1.16 bits per heavy atom. The van der Waals surface area contributed by atoms with E-state index in [4.69, 9.17) is 4.52 Å². The summed E-state index contributed by atoms with van der Waals surface area (Å²) < 4.78 is 46.5. The molecule has 5 rings (SSSR count). The molecule has 0 radical (unpaired) electrons. The lowest BCUT2D eigenvalue weighted by atomic mass is 10.0. The minimum absolute atomic E-state index is 0.227. The highest BCUT2D eigenvalue weighted by molar-refractivity contribution is 5.55. The Balaban J connectivity index is 1.39. The number of nitrogens with zero attached hydrogens (tertiary/aromatic N) is 5. The largest absolute Gasteiger partial charge is 0.573 e. The van der Waals surface area contributed by atoms with Crippen LogP contribution in [0, 0.1) is 0 Å². The maximum Gasteiger partial charge on any atom is 0.573 e. The Labute approximate surface area is 173 Å². The fourth-order valence-electron chi connectivity index (χ4n) is 3.57. The number of alkyl halides is 3. The third-order valence-corrected chi connectivity index (χ3v) is 4.98. The van der Waals surface area contributed by atoms with Gasteiger partial charge in [-0.3, -0.25) is 4.90 Å². The molecule has 1 aromatic carbocycles. The predicted molar refractivity (Wildman–Crippen MR) is 99.3 cm³/mol. The Hall–Kier alpha value is -3.67. The van der Waals surface area contributed by atoms with E-state index in [-0.39, 0.29) is 17.6 Å². The Kier molecular flexibility index (Phi) is 4.70. The number of benzene rings is 1. The first-order valence-corrected chi connectivity index (χ1v) is 9.38. The van der Waals surface area contributed by atoms with Crippen LogP contribution >= 0.6 is 0 Å². The maximum absolute atomic E-state index is 12.3. The van der Waals surface area contributed by atoms with E-state index in [9.17, 15) is 13.2 Å². The minimum atomic E-state index is -4.75. The van der Waals surface area contributed by atoms with Crippen molar-refractivity contribution in [2.45, 2.75) is 31.9 Å². The van der Waals surface area contributed by atoms with Crippen LogP contribution in [-0.2, 0) is 19.5 Å². The number of nitrogens with one attached hydrogen (secondary N) is 2. The molecule has 0 saturated carbocycles. The molecule has 3 aromatic heterocycles. The van der Waals surface area contributed by atoms with Gasteiger partial charge in [0.25, 0.3) is 0 Å². The molecule has 0 aliphatic carbocycles. The van der Waals surface area contributed by atoms with E-state index >= 15 is 0 Å². The zero-order valence-corrected chi connectivity index (χ0v) is 15.9. The van der Waals surface area contributed by atoms with Crippen LogP contribution in [0.5, 0.6) is 5.75 Å². The van der Waals surface area contributed by atoms with Gasteiger partial charge >= 0.3 is 6.36 Å². The van der Waals surface area contributed by atoms with E-state index in [0.717, 1.165) is 17.2 Å². The van der Waals surface area contributed by atoms with Crippen LogP contribution < -0.4 is 4.74 Å². The Bertz CT molecular complexity index is 1150. The van der Waals surface area contributed by atoms with Crippen molar-refractivity contribution in [3.63, 3.8) is 0 Å². The van der Waals surface area contributed by atoms with Gasteiger partial charge in [0.15, 0.2) is 0 Å². The van der Waals surface area contributed by atoms with E-state index in [2.05, 4.69) is 39.7 Å². The lowest BCUT2D eigenvalue weighted by Gasteiger charge is -2.31. The minimum Gasteiger partial charge on any atom is -0.406 e. The van der Waals surface area contributed by atoms with Crippen LogP contribution in [0.4, 0.5) is 13.2 Å². The first-order chi connectivity index (χ1) is 14.9. The van der Waals surface area contributed by atoms with Crippen molar-refractivity contribution in [3.05, 3.63) is 66.1 Å². The van der Waals surface area contributed by atoms with Crippen LogP contribution in [0.3, 0.4) is 0 Å². The van der Waals surface area contributed by atoms with Crippen LogP contribution in [0.15, 0.2) is 47.5 Å². The molecule has 12 heteroatoms. The monoisotopic (exact) mass is 431 g/mol. The maximum atomic E-state index is 12.3. The summed E-state index contributed by atoms with van der Waals surface area (Å²) in [5.41, 5.74) is 2.45. The quantitative estimate of drug-likeness (QED) is 0.499. The highest BCUT2D eigenvalue weighted by Gasteiger charge is 2.34. The van der Waals surface area contributed by atoms with Gasteiger partial charge in [0, 0.05) is 30.9 Å². The van der Waals surface area contributed by atoms with E-state index in [1.54, 1.807) is 18.7 Å². The Morgan fingerprint density at radius 2 is 2.00 bits per heavy atom. The van der Waals surface area contributed by atoms with Gasteiger partial charge < -0.3 is 19.2 Å². The van der Waals surface area contributed by atoms with Gasteiger partial charge in [-0.15, -0.1) is 13.2 Å². The number of ether oxygens (including phenoxy) is 1. The summed E-state index contributed by atoms with van der Waals surface area (Å²) in [7, 11) is 0. The molecule has 160 valence electrons. The molecule has 1 unspecified atom stereocenters. The lowest BCUT2D eigenvalue weighted by Crippen LogP contribution is -2.34. The molecule has 0 fully saturated rings. The summed E-state index contributed by atoms with van der Waals surface area (Å²) in [6, 6.07) is 5.08. The summed E-state index contributed by atoms with van der Waals surface area (Å²) >= 11 is 0. The third-order valence-electron chi connectivity index (χ3n) is 4.98. The molecule has 1 atom stereocenters. The van der Waals surface area contributed by atoms with Gasteiger partial charge in [0.2, 0.25) is 11.7 Å². The van der Waals surface area contributed by atoms with Crippen molar-refractivity contribution in [1.82, 2.24) is 35.0 Å². The van der Waals surface area contributed by atoms with Crippen molar-refractivity contribution in [3.8, 4) is 17.1 Å². The zero-order chi connectivity index (χ0) is 21.4. The second kappa shape index (κ2) is 7.54. The van der Waals surface area contributed by atoms with Gasteiger partial charge in [0.1, 0.15) is 11.6 Å². The van der Waals surface area contributed by atoms with Gasteiger partial charge in [-0.25, -0.2) is 9.97 Å². The summed E-state index contributed by atoms with van der Waals surface area (Å²) in [5.74, 6) is 1.15. The number of rotatable bonds is 5. The van der Waals surface area contributed by atoms with E-state index in [1.807, 2.05) is 0 Å². The molecule has 0 bridgehead atoms. The lowest BCUT2D eigenvalue weighted by molar-refractivity contribution is -0.274. The van der Waals surface area contributed by atoms with E-state index in [0.29, 0.717) is 31.0 Å². The van der Waals surface area contributed by atoms with Crippen molar-refractivity contribution in [2.75, 3.05) is 0 Å². The molecule has 31 heavy (non-hydrogen) atoms. The number of hydrogen-bond acceptors (Lipinski definition) is 7. The van der Waals surface area contributed by atoms with Gasteiger partial charge in [-0.05, 0) is 24.3 Å². The Morgan fingerprint density at radius 3 is 2.74 bits per heavy atom. The van der Waals surface area contributed by atoms with Gasteiger partial charge in [-0.2, -0.15) is 4.98 Å². The van der Waals surface area contributed by atoms with Crippen LogP contribution in [-0.4, -0.2) is 41.3 Å². The average Bonchev–Trinajstić information content (AvgIpc) is 3.48. The van der Waals surface area contributed by atoms with E-state index in [1.165, 1.54) is 24.3 Å². The fourth-order valence-corrected chi connectivity index (χ4v) is 3.57. The third kappa shape index (κ3) is 4.14. The molecule has 0 spiro atoms. The first kappa shape index (κ1) is 19.3. The summed E-state index contributed by atoms with van der Waals surface area (Å²) in [4.78, 5) is 21.5. The highest BCUT2D eigenvalue weighted by atomic mass is 19.4. The van der Waals surface area contributed by atoms with Crippen LogP contribution in [0.1, 0.15) is 29.1 Å². The number of halogens is 3. The molecule has 1 aliphatic rings. The normalized spacial score (nSPS) is 16.9. The van der Waals surface area contributed by atoms with Gasteiger partial charge in [0.05, 0.1) is 30.3 Å². The van der Waals surface area contributed by atoms with Crippen molar-refractivity contribution in [1.29, 1.82) is 0 Å². The second-order valence-electron chi connectivity index (χ2n) is 7.02. The second-order valence-corrected chi connectivity index (χ2v) is 7.02. The number of aromatic amines is 2. The van der Waals surface area contributed by atoms with Crippen molar-refractivity contribution >= 4 is 0 Å².